The van der Waals surface area contributed by atoms with E-state index < -0.39 is 6.04 Å². The van der Waals surface area contributed by atoms with Crippen molar-refractivity contribution in [3.8, 4) is 5.75 Å². The molecule has 3 rings (SSSR count). The average Bonchev–Trinajstić information content (AvgIpc) is 2.78. The van der Waals surface area contributed by atoms with Crippen LogP contribution < -0.4 is 10.1 Å². The zero-order valence-electron chi connectivity index (χ0n) is 17.7. The fraction of sp³-hybridized carbons (Fsp3) is 0.417. The molecule has 0 saturated heterocycles. The first kappa shape index (κ1) is 23.6. The topological polar surface area (TPSA) is 58.6 Å². The van der Waals surface area contributed by atoms with Crippen molar-refractivity contribution in [3.05, 3.63) is 63.6 Å². The lowest BCUT2D eigenvalue weighted by molar-refractivity contribution is -0.142. The quantitative estimate of drug-likeness (QED) is 0.524. The average molecular weight is 508 g/mol. The van der Waals surface area contributed by atoms with Gasteiger partial charge in [0.1, 0.15) is 11.8 Å². The summed E-state index contributed by atoms with van der Waals surface area (Å²) in [5, 5.41) is 3.76. The van der Waals surface area contributed by atoms with Crippen molar-refractivity contribution in [3.63, 3.8) is 0 Å². The highest BCUT2D eigenvalue weighted by molar-refractivity contribution is 9.10. The highest BCUT2D eigenvalue weighted by Gasteiger charge is 2.28. The molecule has 0 bridgehead atoms. The standard InChI is InChI=1S/C24H28BrClN2O3/c1-17(24(30)27-21-5-3-2-4-6-21)28(15-18-7-11-20(26)12-8-18)23(29)16-31-22-13-9-19(25)10-14-22/h7-14,17,21H,2-6,15-16H2,1H3,(H,27,30)/t17-/m1/s1. The Labute approximate surface area is 197 Å². The summed E-state index contributed by atoms with van der Waals surface area (Å²) in [6.45, 7) is 1.93. The molecule has 1 N–H and O–H groups in total. The van der Waals surface area contributed by atoms with Gasteiger partial charge in [-0.2, -0.15) is 0 Å². The maximum atomic E-state index is 13.1. The number of amides is 2. The van der Waals surface area contributed by atoms with Gasteiger partial charge in [-0.1, -0.05) is 58.9 Å². The Morgan fingerprint density at radius 1 is 1.10 bits per heavy atom. The molecule has 0 heterocycles. The fourth-order valence-electron chi connectivity index (χ4n) is 3.70. The van der Waals surface area contributed by atoms with Crippen molar-refractivity contribution < 1.29 is 14.3 Å². The Balaban J connectivity index is 1.69. The Kier molecular flexibility index (Phi) is 8.79. The minimum absolute atomic E-state index is 0.127. The van der Waals surface area contributed by atoms with Gasteiger partial charge in [0.2, 0.25) is 5.91 Å². The number of halogens is 2. The maximum absolute atomic E-state index is 13.1. The Hall–Kier alpha value is -2.05. The van der Waals surface area contributed by atoms with Gasteiger partial charge in [-0.3, -0.25) is 9.59 Å². The monoisotopic (exact) mass is 506 g/mol. The van der Waals surface area contributed by atoms with Gasteiger partial charge in [0, 0.05) is 22.1 Å². The van der Waals surface area contributed by atoms with E-state index in [1.54, 1.807) is 36.1 Å². The van der Waals surface area contributed by atoms with E-state index in [0.717, 1.165) is 35.7 Å². The largest absolute Gasteiger partial charge is 0.484 e. The molecule has 0 spiro atoms. The molecular formula is C24H28BrClN2O3. The third-order valence-corrected chi connectivity index (χ3v) is 6.34. The number of carbonyl (C=O) groups is 2. The summed E-state index contributed by atoms with van der Waals surface area (Å²) < 4.78 is 6.61. The first-order valence-corrected chi connectivity index (χ1v) is 11.8. The van der Waals surface area contributed by atoms with Crippen LogP contribution in [0.5, 0.6) is 5.75 Å². The SMILES string of the molecule is C[C@H](C(=O)NC1CCCCC1)N(Cc1ccc(Cl)cc1)C(=O)COc1ccc(Br)cc1. The van der Waals surface area contributed by atoms with E-state index in [1.807, 2.05) is 24.3 Å². The van der Waals surface area contributed by atoms with Crippen molar-refractivity contribution >= 4 is 39.3 Å². The Morgan fingerprint density at radius 3 is 2.39 bits per heavy atom. The molecule has 1 fully saturated rings. The predicted molar refractivity (Wildman–Crippen MR) is 126 cm³/mol. The van der Waals surface area contributed by atoms with Crippen molar-refractivity contribution in [1.82, 2.24) is 10.2 Å². The minimum atomic E-state index is -0.612. The van der Waals surface area contributed by atoms with E-state index in [4.69, 9.17) is 16.3 Å². The lowest BCUT2D eigenvalue weighted by atomic mass is 9.95. The number of nitrogens with one attached hydrogen (secondary N) is 1. The molecule has 31 heavy (non-hydrogen) atoms. The molecule has 1 saturated carbocycles. The highest BCUT2D eigenvalue weighted by Crippen LogP contribution is 2.19. The Bertz CT molecular complexity index is 867. The van der Waals surface area contributed by atoms with Gasteiger partial charge in [-0.15, -0.1) is 0 Å². The lowest BCUT2D eigenvalue weighted by Gasteiger charge is -2.31. The molecule has 2 aromatic rings. The van der Waals surface area contributed by atoms with E-state index in [1.165, 1.54) is 6.42 Å². The van der Waals surface area contributed by atoms with E-state index in [0.29, 0.717) is 17.3 Å². The number of nitrogens with zero attached hydrogens (tertiary/aromatic N) is 1. The predicted octanol–water partition coefficient (Wildman–Crippen LogP) is 5.35. The number of rotatable bonds is 8. The fourth-order valence-corrected chi connectivity index (χ4v) is 4.09. The van der Waals surface area contributed by atoms with Crippen molar-refractivity contribution in [2.45, 2.75) is 57.7 Å². The zero-order valence-corrected chi connectivity index (χ0v) is 20.0. The van der Waals surface area contributed by atoms with Crippen LogP contribution >= 0.6 is 27.5 Å². The molecule has 2 aromatic carbocycles. The molecule has 0 aromatic heterocycles. The van der Waals surface area contributed by atoms with Gasteiger partial charge in [0.15, 0.2) is 6.61 Å². The summed E-state index contributed by atoms with van der Waals surface area (Å²) in [4.78, 5) is 27.6. The molecule has 1 aliphatic carbocycles. The molecule has 0 unspecified atom stereocenters. The van der Waals surface area contributed by atoms with Crippen LogP contribution in [0.25, 0.3) is 0 Å². The second-order valence-corrected chi connectivity index (χ2v) is 9.26. The number of hydrogen-bond donors (Lipinski definition) is 1. The van der Waals surface area contributed by atoms with E-state index in [-0.39, 0.29) is 24.5 Å². The Morgan fingerprint density at radius 2 is 1.74 bits per heavy atom. The van der Waals surface area contributed by atoms with Crippen molar-refractivity contribution in [2.75, 3.05) is 6.61 Å². The summed E-state index contributed by atoms with van der Waals surface area (Å²) in [5.41, 5.74) is 0.902. The number of benzene rings is 2. The van der Waals surface area contributed by atoms with Gasteiger partial charge in [0.25, 0.3) is 5.91 Å². The van der Waals surface area contributed by atoms with Crippen LogP contribution in [0.15, 0.2) is 53.0 Å². The normalized spacial score (nSPS) is 15.2. The third-order valence-electron chi connectivity index (χ3n) is 5.56. The molecule has 166 valence electrons. The second-order valence-electron chi connectivity index (χ2n) is 7.91. The molecule has 1 atom stereocenters. The first-order valence-electron chi connectivity index (χ1n) is 10.6. The number of hydrogen-bond acceptors (Lipinski definition) is 3. The smallest absolute Gasteiger partial charge is 0.261 e. The maximum Gasteiger partial charge on any atom is 0.261 e. The molecule has 0 aliphatic heterocycles. The minimum Gasteiger partial charge on any atom is -0.484 e. The van der Waals surface area contributed by atoms with E-state index >= 15 is 0 Å². The van der Waals surface area contributed by atoms with Crippen LogP contribution in [0.2, 0.25) is 5.02 Å². The summed E-state index contributed by atoms with van der Waals surface area (Å²) in [6, 6.07) is 14.2. The molecule has 7 heteroatoms. The summed E-state index contributed by atoms with van der Waals surface area (Å²) in [6.07, 6.45) is 5.48. The van der Waals surface area contributed by atoms with Crippen LogP contribution in [0.3, 0.4) is 0 Å². The van der Waals surface area contributed by atoms with Gasteiger partial charge in [-0.05, 0) is 61.7 Å². The molecule has 0 radical (unpaired) electrons. The molecule has 2 amide bonds. The van der Waals surface area contributed by atoms with E-state index in [2.05, 4.69) is 21.2 Å². The number of ether oxygens (including phenoxy) is 1. The van der Waals surface area contributed by atoms with Gasteiger partial charge in [0.05, 0.1) is 0 Å². The number of carbonyl (C=O) groups excluding carboxylic acids is 2. The van der Waals surface area contributed by atoms with Gasteiger partial charge < -0.3 is 15.0 Å². The molecule has 5 nitrogen and oxygen atoms in total. The summed E-state index contributed by atoms with van der Waals surface area (Å²) in [5.74, 6) is 0.226. The molecular weight excluding hydrogens is 480 g/mol. The highest BCUT2D eigenvalue weighted by atomic mass is 79.9. The van der Waals surface area contributed by atoms with Gasteiger partial charge >= 0.3 is 0 Å². The van der Waals surface area contributed by atoms with Crippen LogP contribution in [-0.2, 0) is 16.1 Å². The zero-order chi connectivity index (χ0) is 22.2. The summed E-state index contributed by atoms with van der Waals surface area (Å²) in [7, 11) is 0. The van der Waals surface area contributed by atoms with Crippen LogP contribution in [0.4, 0.5) is 0 Å². The van der Waals surface area contributed by atoms with Crippen molar-refractivity contribution in [2.24, 2.45) is 0 Å². The lowest BCUT2D eigenvalue weighted by Crippen LogP contribution is -2.51. The van der Waals surface area contributed by atoms with Crippen LogP contribution in [0.1, 0.15) is 44.6 Å². The van der Waals surface area contributed by atoms with Crippen LogP contribution in [-0.4, -0.2) is 35.4 Å². The second kappa shape index (κ2) is 11.5. The molecule has 1 aliphatic rings. The third kappa shape index (κ3) is 7.25. The van der Waals surface area contributed by atoms with Gasteiger partial charge in [-0.25, -0.2) is 0 Å². The van der Waals surface area contributed by atoms with E-state index in [9.17, 15) is 9.59 Å². The first-order chi connectivity index (χ1) is 14.9. The van der Waals surface area contributed by atoms with Crippen LogP contribution in [0, 0.1) is 0 Å². The summed E-state index contributed by atoms with van der Waals surface area (Å²) >= 11 is 9.37. The van der Waals surface area contributed by atoms with Crippen molar-refractivity contribution in [1.29, 1.82) is 0 Å².